The topological polar surface area (TPSA) is 82.5 Å². The van der Waals surface area contributed by atoms with Crippen molar-refractivity contribution in [1.82, 2.24) is 30.3 Å². The van der Waals surface area contributed by atoms with E-state index in [2.05, 4.69) is 25.7 Å². The van der Waals surface area contributed by atoms with Crippen LogP contribution >= 0.6 is 23.4 Å². The normalized spacial score (nSPS) is 11.3. The molecule has 9 heteroatoms. The molecule has 1 aromatic carbocycles. The molecule has 2 aromatic heterocycles. The third-order valence-electron chi connectivity index (χ3n) is 2.86. The summed E-state index contributed by atoms with van der Waals surface area (Å²) < 4.78 is 7.00. The van der Waals surface area contributed by atoms with Crippen LogP contribution in [0.1, 0.15) is 25.8 Å². The van der Waals surface area contributed by atoms with Crippen LogP contribution < -0.4 is 0 Å². The first-order valence-electron chi connectivity index (χ1n) is 6.63. The molecule has 0 aliphatic rings. The Kier molecular flexibility index (Phi) is 4.39. The van der Waals surface area contributed by atoms with Crippen molar-refractivity contribution in [3.63, 3.8) is 0 Å². The van der Waals surface area contributed by atoms with Crippen LogP contribution in [0, 0.1) is 0 Å². The standard InChI is InChI=1S/C13H13ClN6OS/c1-8(2)20-13(16-18-19-20)22-7-11-15-12(17-21-11)9-5-3-4-6-10(9)14/h3-6,8H,7H2,1-2H3. The van der Waals surface area contributed by atoms with Crippen LogP contribution in [0.3, 0.4) is 0 Å². The Morgan fingerprint density at radius 3 is 2.91 bits per heavy atom. The van der Waals surface area contributed by atoms with E-state index in [9.17, 15) is 0 Å². The summed E-state index contributed by atoms with van der Waals surface area (Å²) >= 11 is 7.57. The van der Waals surface area contributed by atoms with E-state index in [1.807, 2.05) is 32.0 Å². The van der Waals surface area contributed by atoms with Gasteiger partial charge < -0.3 is 4.52 Å². The largest absolute Gasteiger partial charge is 0.338 e. The molecule has 0 aliphatic heterocycles. The van der Waals surface area contributed by atoms with Gasteiger partial charge in [0.2, 0.25) is 16.9 Å². The molecule has 0 atom stereocenters. The average molecular weight is 337 g/mol. The molecule has 0 bridgehead atoms. The molecule has 0 spiro atoms. The number of aromatic nitrogens is 6. The molecule has 114 valence electrons. The first-order valence-corrected chi connectivity index (χ1v) is 7.99. The highest BCUT2D eigenvalue weighted by Crippen LogP contribution is 2.27. The third-order valence-corrected chi connectivity index (χ3v) is 4.11. The zero-order valence-corrected chi connectivity index (χ0v) is 13.5. The Morgan fingerprint density at radius 2 is 2.14 bits per heavy atom. The summed E-state index contributed by atoms with van der Waals surface area (Å²) in [6, 6.07) is 7.57. The summed E-state index contributed by atoms with van der Waals surface area (Å²) in [4.78, 5) is 4.35. The van der Waals surface area contributed by atoms with Crippen molar-refractivity contribution in [2.75, 3.05) is 0 Å². The smallest absolute Gasteiger partial charge is 0.237 e. The van der Waals surface area contributed by atoms with E-state index in [1.165, 1.54) is 11.8 Å². The first-order chi connectivity index (χ1) is 10.6. The van der Waals surface area contributed by atoms with E-state index >= 15 is 0 Å². The van der Waals surface area contributed by atoms with Crippen molar-refractivity contribution in [1.29, 1.82) is 0 Å². The second-order valence-electron chi connectivity index (χ2n) is 4.78. The van der Waals surface area contributed by atoms with Crippen molar-refractivity contribution in [2.45, 2.75) is 30.8 Å². The van der Waals surface area contributed by atoms with E-state index in [1.54, 1.807) is 10.7 Å². The monoisotopic (exact) mass is 336 g/mol. The number of tetrazole rings is 1. The lowest BCUT2D eigenvalue weighted by atomic mass is 10.2. The van der Waals surface area contributed by atoms with Crippen LogP contribution in [0.2, 0.25) is 5.02 Å². The Balaban J connectivity index is 1.73. The van der Waals surface area contributed by atoms with Crippen LogP contribution in [-0.2, 0) is 5.75 Å². The number of rotatable bonds is 5. The molecule has 0 saturated carbocycles. The number of nitrogens with zero attached hydrogens (tertiary/aromatic N) is 6. The first kappa shape index (κ1) is 15.0. The number of halogens is 1. The summed E-state index contributed by atoms with van der Waals surface area (Å²) in [7, 11) is 0. The molecule has 0 unspecified atom stereocenters. The molecule has 0 fully saturated rings. The Morgan fingerprint density at radius 1 is 1.32 bits per heavy atom. The van der Waals surface area contributed by atoms with Crippen molar-refractivity contribution < 1.29 is 4.52 Å². The second-order valence-corrected chi connectivity index (χ2v) is 6.13. The fourth-order valence-corrected chi connectivity index (χ4v) is 2.86. The maximum Gasteiger partial charge on any atom is 0.237 e. The van der Waals surface area contributed by atoms with Crippen molar-refractivity contribution in [3.05, 3.63) is 35.2 Å². The van der Waals surface area contributed by atoms with Crippen molar-refractivity contribution in [2.24, 2.45) is 0 Å². The lowest BCUT2D eigenvalue weighted by Gasteiger charge is -2.05. The lowest BCUT2D eigenvalue weighted by Crippen LogP contribution is -2.04. The Bertz CT molecular complexity index is 771. The second kappa shape index (κ2) is 6.45. The van der Waals surface area contributed by atoms with Crippen molar-refractivity contribution in [3.8, 4) is 11.4 Å². The summed E-state index contributed by atoms with van der Waals surface area (Å²) in [6.45, 7) is 4.03. The minimum atomic E-state index is 0.193. The van der Waals surface area contributed by atoms with Gasteiger partial charge in [-0.25, -0.2) is 4.68 Å². The van der Waals surface area contributed by atoms with Gasteiger partial charge >= 0.3 is 0 Å². The summed E-state index contributed by atoms with van der Waals surface area (Å²) in [5, 5.41) is 16.9. The van der Waals surface area contributed by atoms with E-state index in [0.29, 0.717) is 27.6 Å². The fraction of sp³-hybridized carbons (Fsp3) is 0.308. The highest BCUT2D eigenvalue weighted by atomic mass is 35.5. The summed E-state index contributed by atoms with van der Waals surface area (Å²) in [6.07, 6.45) is 0. The van der Waals surface area contributed by atoms with Gasteiger partial charge in [-0.2, -0.15) is 4.98 Å². The summed E-state index contributed by atoms with van der Waals surface area (Å²) in [5.74, 6) is 1.47. The van der Waals surface area contributed by atoms with Gasteiger partial charge in [0, 0.05) is 5.56 Å². The lowest BCUT2D eigenvalue weighted by molar-refractivity contribution is 0.391. The Labute approximate surface area is 136 Å². The predicted octanol–water partition coefficient (Wildman–Crippen LogP) is 3.25. The molecule has 3 aromatic rings. The van der Waals surface area contributed by atoms with Gasteiger partial charge in [0.15, 0.2) is 0 Å². The van der Waals surface area contributed by atoms with Gasteiger partial charge in [0.25, 0.3) is 0 Å². The molecular weight excluding hydrogens is 324 g/mol. The zero-order chi connectivity index (χ0) is 15.5. The average Bonchev–Trinajstić information content (AvgIpc) is 3.14. The molecule has 3 rings (SSSR count). The predicted molar refractivity (Wildman–Crippen MR) is 82.5 cm³/mol. The fourth-order valence-electron chi connectivity index (χ4n) is 1.80. The molecule has 0 amide bonds. The molecule has 0 N–H and O–H groups in total. The van der Waals surface area contributed by atoms with E-state index in [0.717, 1.165) is 5.56 Å². The van der Waals surface area contributed by atoms with Gasteiger partial charge in [-0.1, -0.05) is 40.7 Å². The van der Waals surface area contributed by atoms with E-state index in [-0.39, 0.29) is 6.04 Å². The van der Waals surface area contributed by atoms with Crippen LogP contribution in [0.15, 0.2) is 33.9 Å². The van der Waals surface area contributed by atoms with Gasteiger partial charge in [0.05, 0.1) is 16.8 Å². The number of hydrogen-bond donors (Lipinski definition) is 0. The van der Waals surface area contributed by atoms with E-state index in [4.69, 9.17) is 16.1 Å². The van der Waals surface area contributed by atoms with Crippen molar-refractivity contribution >= 4 is 23.4 Å². The van der Waals surface area contributed by atoms with Crippen LogP contribution in [0.4, 0.5) is 0 Å². The highest BCUT2D eigenvalue weighted by Gasteiger charge is 2.14. The number of hydrogen-bond acceptors (Lipinski definition) is 7. The van der Waals surface area contributed by atoms with E-state index < -0.39 is 0 Å². The zero-order valence-electron chi connectivity index (χ0n) is 12.0. The molecule has 0 aliphatic carbocycles. The molecular formula is C13H13ClN6OS. The maximum absolute atomic E-state index is 6.13. The minimum absolute atomic E-state index is 0.193. The van der Waals surface area contributed by atoms with Gasteiger partial charge in [-0.05, 0) is 36.4 Å². The highest BCUT2D eigenvalue weighted by molar-refractivity contribution is 7.98. The number of benzene rings is 1. The Hall–Kier alpha value is -1.93. The molecule has 22 heavy (non-hydrogen) atoms. The summed E-state index contributed by atoms with van der Waals surface area (Å²) in [5.41, 5.74) is 0.746. The van der Waals surface area contributed by atoms with Crippen LogP contribution in [0.25, 0.3) is 11.4 Å². The SMILES string of the molecule is CC(C)n1nnnc1SCc1nc(-c2ccccc2Cl)no1. The quantitative estimate of drug-likeness (QED) is 0.661. The van der Waals surface area contributed by atoms with Gasteiger partial charge in [0.1, 0.15) is 0 Å². The van der Waals surface area contributed by atoms with Gasteiger partial charge in [-0.3, -0.25) is 0 Å². The number of thioether (sulfide) groups is 1. The van der Waals surface area contributed by atoms with Gasteiger partial charge in [-0.15, -0.1) is 5.10 Å². The minimum Gasteiger partial charge on any atom is -0.338 e. The van der Waals surface area contributed by atoms with Crippen LogP contribution in [0.5, 0.6) is 0 Å². The molecule has 0 radical (unpaired) electrons. The third kappa shape index (κ3) is 3.12. The molecule has 7 nitrogen and oxygen atoms in total. The molecule has 0 saturated heterocycles. The molecule has 2 heterocycles. The maximum atomic E-state index is 6.13. The van der Waals surface area contributed by atoms with Crippen LogP contribution in [-0.4, -0.2) is 30.3 Å².